The van der Waals surface area contributed by atoms with E-state index >= 15 is 0 Å². The summed E-state index contributed by atoms with van der Waals surface area (Å²) in [5.74, 6) is 1.78. The van der Waals surface area contributed by atoms with Crippen LogP contribution < -0.4 is 10.6 Å². The number of anilines is 1. The van der Waals surface area contributed by atoms with Crippen molar-refractivity contribution in [2.75, 3.05) is 16.9 Å². The summed E-state index contributed by atoms with van der Waals surface area (Å²) in [6, 6.07) is 7.96. The summed E-state index contributed by atoms with van der Waals surface area (Å²) in [6.45, 7) is 6.46. The zero-order valence-electron chi connectivity index (χ0n) is 11.1. The van der Waals surface area contributed by atoms with Crippen molar-refractivity contribution in [1.82, 2.24) is 5.32 Å². The molecular weight excluding hydrogens is 244 g/mol. The fourth-order valence-corrected chi connectivity index (χ4v) is 2.97. The number of para-hydroxylation sites is 1. The second kappa shape index (κ2) is 5.33. The number of hydrogen-bond donors (Lipinski definition) is 2. The Morgan fingerprint density at radius 3 is 2.72 bits per heavy atom. The van der Waals surface area contributed by atoms with Crippen LogP contribution in [0.3, 0.4) is 0 Å². The van der Waals surface area contributed by atoms with Gasteiger partial charge in [0, 0.05) is 17.3 Å². The van der Waals surface area contributed by atoms with Gasteiger partial charge in [0.2, 0.25) is 5.91 Å². The zero-order valence-corrected chi connectivity index (χ0v) is 11.9. The van der Waals surface area contributed by atoms with E-state index in [9.17, 15) is 4.79 Å². The van der Waals surface area contributed by atoms with Crippen molar-refractivity contribution in [3.05, 3.63) is 29.8 Å². The highest BCUT2D eigenvalue weighted by Gasteiger charge is 2.24. The lowest BCUT2D eigenvalue weighted by atomic mass is 9.86. The molecule has 0 spiro atoms. The van der Waals surface area contributed by atoms with Crippen LogP contribution in [-0.2, 0) is 10.2 Å². The summed E-state index contributed by atoms with van der Waals surface area (Å²) < 4.78 is 0. The van der Waals surface area contributed by atoms with E-state index < -0.39 is 0 Å². The number of benzene rings is 1. The predicted molar refractivity (Wildman–Crippen MR) is 78.0 cm³/mol. The lowest BCUT2D eigenvalue weighted by Gasteiger charge is -2.23. The van der Waals surface area contributed by atoms with Gasteiger partial charge in [-0.15, -0.1) is 11.8 Å². The summed E-state index contributed by atoms with van der Waals surface area (Å²) >= 11 is 1.76. The first kappa shape index (κ1) is 13.4. The molecule has 1 saturated heterocycles. The van der Waals surface area contributed by atoms with Gasteiger partial charge in [-0.05, 0) is 17.0 Å². The highest BCUT2D eigenvalue weighted by Crippen LogP contribution is 2.29. The normalized spacial score (nSPS) is 19.8. The van der Waals surface area contributed by atoms with E-state index in [1.807, 2.05) is 18.2 Å². The molecule has 0 radical (unpaired) electrons. The molecule has 2 N–H and O–H groups in total. The molecule has 2 rings (SSSR count). The van der Waals surface area contributed by atoms with E-state index in [-0.39, 0.29) is 17.4 Å². The predicted octanol–water partition coefficient (Wildman–Crippen LogP) is 2.59. The molecule has 1 aliphatic rings. The Morgan fingerprint density at radius 2 is 2.11 bits per heavy atom. The highest BCUT2D eigenvalue weighted by molar-refractivity contribution is 7.99. The smallest absolute Gasteiger partial charge is 0.242 e. The highest BCUT2D eigenvalue weighted by atomic mass is 32.2. The van der Waals surface area contributed by atoms with Crippen LogP contribution in [0.5, 0.6) is 0 Å². The Labute approximate surface area is 113 Å². The molecule has 4 heteroatoms. The molecule has 1 aromatic carbocycles. The average Bonchev–Trinajstić information content (AvgIpc) is 2.81. The van der Waals surface area contributed by atoms with Gasteiger partial charge in [-0.2, -0.15) is 0 Å². The van der Waals surface area contributed by atoms with Gasteiger partial charge in [-0.25, -0.2) is 0 Å². The molecule has 0 aliphatic carbocycles. The second-order valence-electron chi connectivity index (χ2n) is 5.56. The van der Waals surface area contributed by atoms with Gasteiger partial charge in [-0.3, -0.25) is 10.1 Å². The molecule has 3 nitrogen and oxygen atoms in total. The molecule has 1 fully saturated rings. The van der Waals surface area contributed by atoms with Crippen LogP contribution in [0.1, 0.15) is 26.3 Å². The fraction of sp³-hybridized carbons (Fsp3) is 0.500. The molecule has 1 heterocycles. The number of hydrogen-bond acceptors (Lipinski definition) is 3. The maximum atomic E-state index is 12.1. The van der Waals surface area contributed by atoms with Crippen LogP contribution in [0, 0.1) is 0 Å². The summed E-state index contributed by atoms with van der Waals surface area (Å²) in [4.78, 5) is 12.1. The maximum absolute atomic E-state index is 12.1. The van der Waals surface area contributed by atoms with Crippen LogP contribution >= 0.6 is 11.8 Å². The van der Waals surface area contributed by atoms with E-state index in [0.29, 0.717) is 0 Å². The quantitative estimate of drug-likeness (QED) is 0.862. The minimum absolute atomic E-state index is 0.0295. The number of nitrogens with one attached hydrogen (secondary N) is 2. The largest absolute Gasteiger partial charge is 0.324 e. The summed E-state index contributed by atoms with van der Waals surface area (Å²) in [5, 5.41) is 6.23. The van der Waals surface area contributed by atoms with Gasteiger partial charge in [0.25, 0.3) is 0 Å². The van der Waals surface area contributed by atoms with E-state index in [1.165, 1.54) is 5.56 Å². The minimum atomic E-state index is -0.0666. The number of carbonyl (C=O) groups excluding carboxylic acids is 1. The molecule has 18 heavy (non-hydrogen) atoms. The number of thioether (sulfide) groups is 1. The molecule has 1 amide bonds. The Bertz CT molecular complexity index is 434. The first-order valence-electron chi connectivity index (χ1n) is 6.20. The third kappa shape index (κ3) is 3.06. The SMILES string of the molecule is CC(C)(C)c1ccccc1NC(=O)C1CSCN1. The average molecular weight is 264 g/mol. The third-order valence-electron chi connectivity index (χ3n) is 3.03. The Morgan fingerprint density at radius 1 is 1.39 bits per heavy atom. The Hall–Kier alpha value is -1.000. The molecule has 1 atom stereocenters. The first-order chi connectivity index (χ1) is 8.48. The van der Waals surface area contributed by atoms with E-state index in [4.69, 9.17) is 0 Å². The molecule has 1 unspecified atom stereocenters. The van der Waals surface area contributed by atoms with Crippen molar-refractivity contribution in [1.29, 1.82) is 0 Å². The van der Waals surface area contributed by atoms with Gasteiger partial charge < -0.3 is 5.32 Å². The van der Waals surface area contributed by atoms with Crippen LogP contribution in [0.25, 0.3) is 0 Å². The van der Waals surface area contributed by atoms with Crippen LogP contribution in [0.4, 0.5) is 5.69 Å². The van der Waals surface area contributed by atoms with E-state index in [1.54, 1.807) is 11.8 Å². The molecule has 0 aromatic heterocycles. The Balaban J connectivity index is 2.16. The second-order valence-corrected chi connectivity index (χ2v) is 6.59. The molecule has 1 aliphatic heterocycles. The van der Waals surface area contributed by atoms with Crippen molar-refractivity contribution in [3.8, 4) is 0 Å². The maximum Gasteiger partial charge on any atom is 0.242 e. The number of amides is 1. The van der Waals surface area contributed by atoms with E-state index in [2.05, 4.69) is 37.5 Å². The van der Waals surface area contributed by atoms with Crippen molar-refractivity contribution < 1.29 is 4.79 Å². The zero-order chi connectivity index (χ0) is 13.2. The number of carbonyl (C=O) groups is 1. The standard InChI is InChI=1S/C14H20N2OS/c1-14(2,3)10-6-4-5-7-11(10)16-13(17)12-8-18-9-15-12/h4-7,12,15H,8-9H2,1-3H3,(H,16,17). The lowest BCUT2D eigenvalue weighted by molar-refractivity contribution is -0.117. The molecule has 98 valence electrons. The van der Waals surface area contributed by atoms with Crippen molar-refractivity contribution in [2.45, 2.75) is 32.2 Å². The summed E-state index contributed by atoms with van der Waals surface area (Å²) in [7, 11) is 0. The first-order valence-corrected chi connectivity index (χ1v) is 7.35. The summed E-state index contributed by atoms with van der Waals surface area (Å²) in [6.07, 6.45) is 0. The Kier molecular flexibility index (Phi) is 3.97. The van der Waals surface area contributed by atoms with Gasteiger partial charge in [0.05, 0.1) is 6.04 Å². The molecular formula is C14H20N2OS. The molecule has 1 aromatic rings. The van der Waals surface area contributed by atoms with Crippen LogP contribution in [0.15, 0.2) is 24.3 Å². The number of rotatable bonds is 2. The molecule has 0 saturated carbocycles. The van der Waals surface area contributed by atoms with Crippen LogP contribution in [0.2, 0.25) is 0 Å². The van der Waals surface area contributed by atoms with Crippen LogP contribution in [-0.4, -0.2) is 23.6 Å². The van der Waals surface area contributed by atoms with Crippen molar-refractivity contribution in [2.24, 2.45) is 0 Å². The lowest BCUT2D eigenvalue weighted by Crippen LogP contribution is -2.38. The van der Waals surface area contributed by atoms with Gasteiger partial charge in [-0.1, -0.05) is 39.0 Å². The summed E-state index contributed by atoms with van der Waals surface area (Å²) in [5.41, 5.74) is 2.12. The van der Waals surface area contributed by atoms with Crippen molar-refractivity contribution >= 4 is 23.4 Å². The topological polar surface area (TPSA) is 41.1 Å². The minimum Gasteiger partial charge on any atom is -0.324 e. The fourth-order valence-electron chi connectivity index (χ4n) is 2.03. The molecule has 0 bridgehead atoms. The third-order valence-corrected chi connectivity index (χ3v) is 3.97. The van der Waals surface area contributed by atoms with Crippen molar-refractivity contribution in [3.63, 3.8) is 0 Å². The van der Waals surface area contributed by atoms with Gasteiger partial charge >= 0.3 is 0 Å². The monoisotopic (exact) mass is 264 g/mol. The van der Waals surface area contributed by atoms with Gasteiger partial charge in [0.15, 0.2) is 0 Å². The van der Waals surface area contributed by atoms with E-state index in [0.717, 1.165) is 17.3 Å². The van der Waals surface area contributed by atoms with Gasteiger partial charge in [0.1, 0.15) is 0 Å².